The number of nitrogens with one attached hydrogen (secondary N) is 2. The molecule has 0 bridgehead atoms. The number of anilines is 1. The first kappa shape index (κ1) is 15.9. The van der Waals surface area contributed by atoms with Gasteiger partial charge < -0.3 is 5.32 Å². The maximum Gasteiger partial charge on any atom is 0.263 e. The molecule has 0 radical (unpaired) electrons. The van der Waals surface area contributed by atoms with E-state index < -0.39 is 10.0 Å². The number of rotatable bonds is 5. The van der Waals surface area contributed by atoms with E-state index in [1.165, 1.54) is 0 Å². The van der Waals surface area contributed by atoms with Gasteiger partial charge in [-0.25, -0.2) is 8.42 Å². The molecule has 0 aliphatic rings. The number of hydrogen-bond donors (Lipinski definition) is 2. The highest BCUT2D eigenvalue weighted by molar-refractivity contribution is 9.10. The molecule has 0 fully saturated rings. The van der Waals surface area contributed by atoms with Crippen LogP contribution < -0.4 is 10.0 Å². The summed E-state index contributed by atoms with van der Waals surface area (Å²) in [6, 6.07) is 8.63. The molecule has 0 spiro atoms. The number of aromatic nitrogens is 1. The van der Waals surface area contributed by atoms with E-state index in [0.29, 0.717) is 22.4 Å². The number of hydrogen-bond acceptors (Lipinski definition) is 4. The summed E-state index contributed by atoms with van der Waals surface area (Å²) in [5.41, 5.74) is 2.00. The van der Waals surface area contributed by atoms with Crippen LogP contribution in [0.15, 0.2) is 45.9 Å². The van der Waals surface area contributed by atoms with Crippen molar-refractivity contribution in [1.82, 2.24) is 10.3 Å². The van der Waals surface area contributed by atoms with E-state index in [-0.39, 0.29) is 4.90 Å². The highest BCUT2D eigenvalue weighted by atomic mass is 79.9. The van der Waals surface area contributed by atoms with Crippen LogP contribution in [0.2, 0.25) is 0 Å². The molecule has 0 aliphatic heterocycles. The van der Waals surface area contributed by atoms with Gasteiger partial charge in [0.05, 0.1) is 11.4 Å². The van der Waals surface area contributed by atoms with Gasteiger partial charge in [-0.2, -0.15) is 0 Å². The monoisotopic (exact) mass is 369 g/mol. The minimum atomic E-state index is -3.67. The Morgan fingerprint density at radius 3 is 2.71 bits per heavy atom. The van der Waals surface area contributed by atoms with Crippen LogP contribution in [0.4, 0.5) is 5.69 Å². The van der Waals surface area contributed by atoms with Crippen molar-refractivity contribution < 1.29 is 8.42 Å². The van der Waals surface area contributed by atoms with Gasteiger partial charge >= 0.3 is 0 Å². The Morgan fingerprint density at radius 1 is 1.29 bits per heavy atom. The first-order valence-corrected chi connectivity index (χ1v) is 8.59. The molecule has 1 aromatic heterocycles. The van der Waals surface area contributed by atoms with Gasteiger partial charge in [0.15, 0.2) is 0 Å². The third-order valence-electron chi connectivity index (χ3n) is 2.92. The van der Waals surface area contributed by atoms with E-state index in [9.17, 15) is 8.42 Å². The Morgan fingerprint density at radius 2 is 2.05 bits per heavy atom. The second-order valence-electron chi connectivity index (χ2n) is 4.54. The van der Waals surface area contributed by atoms with Crippen LogP contribution in [0.5, 0.6) is 0 Å². The third kappa shape index (κ3) is 3.81. The molecular formula is C14H16BrN3O2S. The summed E-state index contributed by atoms with van der Waals surface area (Å²) >= 11 is 3.29. The number of aryl methyl sites for hydroxylation is 1. The summed E-state index contributed by atoms with van der Waals surface area (Å²) in [6.07, 6.45) is 1.62. The minimum Gasteiger partial charge on any atom is -0.316 e. The Kier molecular flexibility index (Phi) is 4.97. The van der Waals surface area contributed by atoms with Crippen molar-refractivity contribution in [1.29, 1.82) is 0 Å². The fraction of sp³-hybridized carbons (Fsp3) is 0.214. The van der Waals surface area contributed by atoms with Crippen molar-refractivity contribution in [2.75, 3.05) is 11.8 Å². The highest BCUT2D eigenvalue weighted by Crippen LogP contribution is 2.26. The third-order valence-corrected chi connectivity index (χ3v) is 5.28. The summed E-state index contributed by atoms with van der Waals surface area (Å²) in [4.78, 5) is 4.28. The van der Waals surface area contributed by atoms with Crippen LogP contribution in [-0.4, -0.2) is 20.4 Å². The van der Waals surface area contributed by atoms with Gasteiger partial charge in [-0.1, -0.05) is 6.07 Å². The van der Waals surface area contributed by atoms with E-state index in [2.05, 4.69) is 31.0 Å². The summed E-state index contributed by atoms with van der Waals surface area (Å²) < 4.78 is 28.2. The average molecular weight is 370 g/mol. The van der Waals surface area contributed by atoms with Gasteiger partial charge in [0, 0.05) is 17.2 Å². The van der Waals surface area contributed by atoms with E-state index >= 15 is 0 Å². The van der Waals surface area contributed by atoms with Crippen LogP contribution >= 0.6 is 15.9 Å². The number of halogens is 1. The van der Waals surface area contributed by atoms with Crippen molar-refractivity contribution in [2.24, 2.45) is 0 Å². The zero-order chi connectivity index (χ0) is 15.5. The smallest absolute Gasteiger partial charge is 0.263 e. The van der Waals surface area contributed by atoms with E-state index in [4.69, 9.17) is 0 Å². The molecule has 0 unspecified atom stereocenters. The van der Waals surface area contributed by atoms with Crippen molar-refractivity contribution in [3.05, 3.63) is 52.3 Å². The molecule has 7 heteroatoms. The Hall–Kier alpha value is -1.44. The second-order valence-corrected chi connectivity index (χ2v) is 7.04. The summed E-state index contributed by atoms with van der Waals surface area (Å²) in [6.45, 7) is 2.35. The zero-order valence-electron chi connectivity index (χ0n) is 11.7. The number of pyridine rings is 1. The summed E-state index contributed by atoms with van der Waals surface area (Å²) in [5, 5.41) is 3.00. The maximum atomic E-state index is 12.5. The summed E-state index contributed by atoms with van der Waals surface area (Å²) in [5.74, 6) is 0. The van der Waals surface area contributed by atoms with Crippen LogP contribution in [0.3, 0.4) is 0 Å². The molecule has 0 atom stereocenters. The van der Waals surface area contributed by atoms with Gasteiger partial charge in [-0.05, 0) is 59.7 Å². The second kappa shape index (κ2) is 6.55. The summed E-state index contributed by atoms with van der Waals surface area (Å²) in [7, 11) is -1.86. The zero-order valence-corrected chi connectivity index (χ0v) is 14.1. The van der Waals surface area contributed by atoms with Crippen LogP contribution in [-0.2, 0) is 16.6 Å². The van der Waals surface area contributed by atoms with E-state index in [0.717, 1.165) is 5.56 Å². The largest absolute Gasteiger partial charge is 0.316 e. The van der Waals surface area contributed by atoms with Crippen LogP contribution in [0, 0.1) is 6.92 Å². The molecule has 21 heavy (non-hydrogen) atoms. The first-order chi connectivity index (χ1) is 9.94. The molecule has 5 nitrogen and oxygen atoms in total. The standard InChI is InChI=1S/C14H16BrN3O2S/c1-10-13(4-3-7-17-10)18-21(19,20)14-8-11(9-16-2)5-6-12(14)15/h3-8,16,18H,9H2,1-2H3. The molecule has 0 saturated heterocycles. The lowest BCUT2D eigenvalue weighted by Gasteiger charge is -2.12. The lowest BCUT2D eigenvalue weighted by molar-refractivity contribution is 0.600. The SMILES string of the molecule is CNCc1ccc(Br)c(S(=O)(=O)Nc2cccnc2C)c1. The van der Waals surface area contributed by atoms with Crippen LogP contribution in [0.1, 0.15) is 11.3 Å². The predicted molar refractivity (Wildman–Crippen MR) is 86.7 cm³/mol. The predicted octanol–water partition coefficient (Wildman–Crippen LogP) is 2.67. The molecule has 0 aliphatic carbocycles. The van der Waals surface area contributed by atoms with Crippen molar-refractivity contribution in [2.45, 2.75) is 18.4 Å². The average Bonchev–Trinajstić information content (AvgIpc) is 2.43. The Labute approximate surface area is 133 Å². The van der Waals surface area contributed by atoms with Crippen molar-refractivity contribution >= 4 is 31.6 Å². The normalized spacial score (nSPS) is 11.4. The highest BCUT2D eigenvalue weighted by Gasteiger charge is 2.19. The molecule has 1 aromatic carbocycles. The van der Waals surface area contributed by atoms with Crippen molar-refractivity contribution in [3.8, 4) is 0 Å². The minimum absolute atomic E-state index is 0.207. The van der Waals surface area contributed by atoms with E-state index in [1.807, 2.05) is 13.1 Å². The first-order valence-electron chi connectivity index (χ1n) is 6.31. The molecular weight excluding hydrogens is 354 g/mol. The van der Waals surface area contributed by atoms with Gasteiger partial charge in [-0.15, -0.1) is 0 Å². The molecule has 1 heterocycles. The molecule has 112 valence electrons. The molecule has 2 rings (SSSR count). The molecule has 2 N–H and O–H groups in total. The fourth-order valence-electron chi connectivity index (χ4n) is 1.86. The van der Waals surface area contributed by atoms with Gasteiger partial charge in [0.1, 0.15) is 4.90 Å². The quantitative estimate of drug-likeness (QED) is 0.849. The molecule has 0 amide bonds. The Balaban J connectivity index is 2.40. The van der Waals surface area contributed by atoms with Crippen molar-refractivity contribution in [3.63, 3.8) is 0 Å². The van der Waals surface area contributed by atoms with Gasteiger partial charge in [0.25, 0.3) is 10.0 Å². The number of benzene rings is 1. The topological polar surface area (TPSA) is 71.1 Å². The number of sulfonamides is 1. The Bertz CT molecular complexity index is 748. The molecule has 0 saturated carbocycles. The maximum absolute atomic E-state index is 12.5. The lowest BCUT2D eigenvalue weighted by atomic mass is 10.2. The number of nitrogens with zero attached hydrogens (tertiary/aromatic N) is 1. The fourth-order valence-corrected chi connectivity index (χ4v) is 3.99. The van der Waals surface area contributed by atoms with Gasteiger partial charge in [0.2, 0.25) is 0 Å². The van der Waals surface area contributed by atoms with Crippen LogP contribution in [0.25, 0.3) is 0 Å². The lowest BCUT2D eigenvalue weighted by Crippen LogP contribution is -2.15. The van der Waals surface area contributed by atoms with E-state index in [1.54, 1.807) is 37.4 Å². The molecule has 2 aromatic rings. The van der Waals surface area contributed by atoms with Gasteiger partial charge in [-0.3, -0.25) is 9.71 Å².